The van der Waals surface area contributed by atoms with Crippen LogP contribution in [0, 0.1) is 12.3 Å². The maximum Gasteiger partial charge on any atom is 0.224 e. The third-order valence-corrected chi connectivity index (χ3v) is 6.56. The molecule has 1 aromatic rings. The van der Waals surface area contributed by atoms with Crippen LogP contribution in [0.2, 0.25) is 0 Å². The van der Waals surface area contributed by atoms with E-state index in [9.17, 15) is 9.59 Å². The molecular weight excluding hydrogens is 332 g/mol. The minimum Gasteiger partial charge on any atom is -0.352 e. The summed E-state index contributed by atoms with van der Waals surface area (Å²) in [5.74, 6) is 2.40. The maximum atomic E-state index is 12.9. The van der Waals surface area contributed by atoms with Gasteiger partial charge in [-0.1, -0.05) is 20.8 Å². The van der Waals surface area contributed by atoms with Gasteiger partial charge in [0.15, 0.2) is 5.78 Å². The highest BCUT2D eigenvalue weighted by Crippen LogP contribution is 2.39. The molecule has 0 bridgehead atoms. The molecule has 1 atom stereocenters. The highest BCUT2D eigenvalue weighted by atomic mass is 32.2. The smallest absolute Gasteiger partial charge is 0.224 e. The number of amides is 1. The van der Waals surface area contributed by atoms with E-state index in [1.54, 1.807) is 0 Å². The highest BCUT2D eigenvalue weighted by molar-refractivity contribution is 7.99. The number of rotatable bonds is 5. The third kappa shape index (κ3) is 3.81. The Morgan fingerprint density at radius 3 is 2.76 bits per heavy atom. The molecule has 0 unspecified atom stereocenters. The largest absolute Gasteiger partial charge is 0.352 e. The second kappa shape index (κ2) is 7.18. The zero-order valence-corrected chi connectivity index (χ0v) is 16.7. The molecule has 1 aliphatic heterocycles. The number of nitrogens with one attached hydrogen (secondary N) is 1. The molecule has 4 nitrogen and oxygen atoms in total. The summed E-state index contributed by atoms with van der Waals surface area (Å²) in [6, 6.07) is 0.293. The first-order chi connectivity index (χ1) is 11.8. The number of carbonyl (C=O) groups is 2. The molecule has 1 aromatic heterocycles. The molecule has 1 N–H and O–H groups in total. The number of thioether (sulfide) groups is 1. The first-order valence-corrected chi connectivity index (χ1v) is 10.6. The van der Waals surface area contributed by atoms with Gasteiger partial charge in [0.25, 0.3) is 0 Å². The van der Waals surface area contributed by atoms with Crippen molar-refractivity contribution in [3.63, 3.8) is 0 Å². The van der Waals surface area contributed by atoms with Crippen LogP contribution in [0.5, 0.6) is 0 Å². The van der Waals surface area contributed by atoms with Crippen molar-refractivity contribution in [2.75, 3.05) is 11.5 Å². The van der Waals surface area contributed by atoms with E-state index < -0.39 is 0 Å². The van der Waals surface area contributed by atoms with E-state index >= 15 is 0 Å². The highest BCUT2D eigenvalue weighted by Gasteiger charge is 2.37. The van der Waals surface area contributed by atoms with Crippen LogP contribution in [0.3, 0.4) is 0 Å². The number of Topliss-reactive ketones (excluding diaryl/α,β-unsaturated/α-hetero) is 1. The molecule has 3 rings (SSSR count). The summed E-state index contributed by atoms with van der Waals surface area (Å²) in [4.78, 5) is 25.4. The number of hydrogen-bond acceptors (Lipinski definition) is 3. The summed E-state index contributed by atoms with van der Waals surface area (Å²) in [5, 5.41) is 3.15. The Balaban J connectivity index is 1.91. The van der Waals surface area contributed by atoms with Gasteiger partial charge >= 0.3 is 0 Å². The van der Waals surface area contributed by atoms with Crippen molar-refractivity contribution in [2.24, 2.45) is 5.41 Å². The average Bonchev–Trinajstić information content (AvgIpc) is 3.09. The van der Waals surface area contributed by atoms with Gasteiger partial charge in [0.05, 0.1) is 6.42 Å². The Bertz CT molecular complexity index is 684. The summed E-state index contributed by atoms with van der Waals surface area (Å²) >= 11 is 1.89. The molecule has 2 aliphatic rings. The van der Waals surface area contributed by atoms with Gasteiger partial charge in [0, 0.05) is 41.7 Å². The molecule has 1 saturated heterocycles. The van der Waals surface area contributed by atoms with Crippen molar-refractivity contribution in [1.29, 1.82) is 0 Å². The van der Waals surface area contributed by atoms with E-state index in [1.165, 1.54) is 0 Å². The van der Waals surface area contributed by atoms with Crippen molar-refractivity contribution in [1.82, 2.24) is 9.88 Å². The van der Waals surface area contributed by atoms with Crippen LogP contribution in [0.1, 0.15) is 67.3 Å². The number of fused-ring (bicyclic) bond motifs is 1. The molecule has 0 aromatic carbocycles. The summed E-state index contributed by atoms with van der Waals surface area (Å²) in [6.07, 6.45) is 3.90. The summed E-state index contributed by atoms with van der Waals surface area (Å²) in [7, 11) is 0. The van der Waals surface area contributed by atoms with E-state index in [0.717, 1.165) is 59.8 Å². The predicted molar refractivity (Wildman–Crippen MR) is 103 cm³/mol. The molecule has 2 heterocycles. The van der Waals surface area contributed by atoms with E-state index in [4.69, 9.17) is 0 Å². The standard InChI is InChI=1S/C20H30N2O2S/c1-5-7-22-13(2)15(9-18(24)21-14-6-8-25-12-14)19-16(22)10-20(3,4)11-17(19)23/h14H,5-12H2,1-4H3,(H,21,24)/t14-/m1/s1. The second-order valence-corrected chi connectivity index (χ2v) is 9.43. The molecule has 0 saturated carbocycles. The fourth-order valence-corrected chi connectivity index (χ4v) is 5.39. The van der Waals surface area contributed by atoms with E-state index in [0.29, 0.717) is 18.9 Å². The fourth-order valence-electron chi connectivity index (χ4n) is 4.24. The van der Waals surface area contributed by atoms with Crippen LogP contribution < -0.4 is 5.32 Å². The fraction of sp³-hybridized carbons (Fsp3) is 0.700. The van der Waals surface area contributed by atoms with Crippen molar-refractivity contribution in [3.05, 3.63) is 22.5 Å². The minimum absolute atomic E-state index is 0.000960. The lowest BCUT2D eigenvalue weighted by Crippen LogP contribution is -2.36. The molecule has 1 aliphatic carbocycles. The molecule has 5 heteroatoms. The van der Waals surface area contributed by atoms with Crippen molar-refractivity contribution in [3.8, 4) is 0 Å². The summed E-state index contributed by atoms with van der Waals surface area (Å²) in [5.41, 5.74) is 4.07. The van der Waals surface area contributed by atoms with Crippen molar-refractivity contribution < 1.29 is 9.59 Å². The molecule has 1 fully saturated rings. The van der Waals surface area contributed by atoms with Crippen molar-refractivity contribution >= 4 is 23.5 Å². The van der Waals surface area contributed by atoms with E-state index in [-0.39, 0.29) is 17.1 Å². The quantitative estimate of drug-likeness (QED) is 0.872. The molecule has 1 amide bonds. The Morgan fingerprint density at radius 2 is 2.12 bits per heavy atom. The average molecular weight is 363 g/mol. The van der Waals surface area contributed by atoms with Gasteiger partial charge in [0.2, 0.25) is 5.91 Å². The van der Waals surface area contributed by atoms with Crippen LogP contribution in [0.15, 0.2) is 0 Å². The Morgan fingerprint density at radius 1 is 1.36 bits per heavy atom. The van der Waals surface area contributed by atoms with Crippen LogP contribution in [0.4, 0.5) is 0 Å². The van der Waals surface area contributed by atoms with Gasteiger partial charge < -0.3 is 9.88 Å². The lowest BCUT2D eigenvalue weighted by atomic mass is 9.75. The van der Waals surface area contributed by atoms with Crippen LogP contribution >= 0.6 is 11.8 Å². The van der Waals surface area contributed by atoms with Gasteiger partial charge in [-0.3, -0.25) is 9.59 Å². The first kappa shape index (κ1) is 18.6. The van der Waals surface area contributed by atoms with Gasteiger partial charge in [-0.2, -0.15) is 11.8 Å². The predicted octanol–water partition coefficient (Wildman–Crippen LogP) is 3.53. The number of aromatic nitrogens is 1. The molecular formula is C20H30N2O2S. The summed E-state index contributed by atoms with van der Waals surface area (Å²) in [6.45, 7) is 9.47. The van der Waals surface area contributed by atoms with Gasteiger partial charge in [-0.05, 0) is 42.9 Å². The normalized spacial score (nSPS) is 22.1. The van der Waals surface area contributed by atoms with Crippen LogP contribution in [-0.4, -0.2) is 33.8 Å². The number of nitrogens with zero attached hydrogens (tertiary/aromatic N) is 1. The van der Waals surface area contributed by atoms with Gasteiger partial charge in [-0.25, -0.2) is 0 Å². The van der Waals surface area contributed by atoms with E-state index in [2.05, 4.69) is 37.6 Å². The van der Waals surface area contributed by atoms with Crippen LogP contribution in [0.25, 0.3) is 0 Å². The Labute approximate surface area is 155 Å². The summed E-state index contributed by atoms with van der Waals surface area (Å²) < 4.78 is 2.29. The number of ketones is 1. The Hall–Kier alpha value is -1.23. The molecule has 0 spiro atoms. The van der Waals surface area contributed by atoms with Gasteiger partial charge in [0.1, 0.15) is 0 Å². The SMILES string of the molecule is CCCn1c(C)c(CC(=O)N[C@@H]2CCSC2)c2c1CC(C)(C)CC2=O. The topological polar surface area (TPSA) is 51.1 Å². The number of carbonyl (C=O) groups excluding carboxylic acids is 2. The van der Waals surface area contributed by atoms with Gasteiger partial charge in [-0.15, -0.1) is 0 Å². The molecule has 0 radical (unpaired) electrons. The lowest BCUT2D eigenvalue weighted by molar-refractivity contribution is -0.121. The molecule has 138 valence electrons. The van der Waals surface area contributed by atoms with Crippen LogP contribution in [-0.2, 0) is 24.2 Å². The number of hydrogen-bond donors (Lipinski definition) is 1. The first-order valence-electron chi connectivity index (χ1n) is 9.43. The zero-order chi connectivity index (χ0) is 18.2. The molecule has 25 heavy (non-hydrogen) atoms. The lowest BCUT2D eigenvalue weighted by Gasteiger charge is -2.30. The minimum atomic E-state index is 0.000960. The zero-order valence-electron chi connectivity index (χ0n) is 15.9. The third-order valence-electron chi connectivity index (χ3n) is 5.40. The Kier molecular flexibility index (Phi) is 5.33. The monoisotopic (exact) mass is 362 g/mol. The van der Waals surface area contributed by atoms with Crippen molar-refractivity contribution in [2.45, 2.75) is 72.4 Å². The second-order valence-electron chi connectivity index (χ2n) is 8.28. The maximum absolute atomic E-state index is 12.9. The van der Waals surface area contributed by atoms with E-state index in [1.807, 2.05) is 11.8 Å².